The lowest BCUT2D eigenvalue weighted by molar-refractivity contribution is 0.571. The van der Waals surface area contributed by atoms with E-state index in [0.717, 1.165) is 13.1 Å². The maximum Gasteiger partial charge on any atom is 0.168 e. The van der Waals surface area contributed by atoms with E-state index >= 15 is 0 Å². The smallest absolute Gasteiger partial charge is 0.168 e. The number of thioether (sulfide) groups is 1. The highest BCUT2D eigenvalue weighted by Crippen LogP contribution is 2.34. The predicted molar refractivity (Wildman–Crippen MR) is 85.3 cm³/mol. The first-order chi connectivity index (χ1) is 8.34. The van der Waals surface area contributed by atoms with E-state index in [9.17, 15) is 0 Å². The molecule has 18 heavy (non-hydrogen) atoms. The summed E-state index contributed by atoms with van der Waals surface area (Å²) in [4.78, 5) is 7.00. The zero-order valence-electron chi connectivity index (χ0n) is 10.4. The average Bonchev–Trinajstić information content (AvgIpc) is 2.60. The van der Waals surface area contributed by atoms with E-state index < -0.39 is 0 Å². The number of rotatable bonds is 1. The number of amidine groups is 1. The van der Waals surface area contributed by atoms with Gasteiger partial charge in [-0.05, 0) is 25.3 Å². The second kappa shape index (κ2) is 5.93. The van der Waals surface area contributed by atoms with Crippen molar-refractivity contribution in [2.75, 3.05) is 13.1 Å². The quantitative estimate of drug-likeness (QED) is 0.773. The van der Waals surface area contributed by atoms with Crippen molar-refractivity contribution in [3.63, 3.8) is 0 Å². The predicted octanol–water partition coefficient (Wildman–Crippen LogP) is 4.07. The van der Waals surface area contributed by atoms with Crippen molar-refractivity contribution < 1.29 is 0 Å². The third-order valence-electron chi connectivity index (χ3n) is 3.18. The molecule has 0 unspecified atom stereocenters. The minimum absolute atomic E-state index is 0. The molecule has 96 valence electrons. The Bertz CT molecular complexity index is 479. The van der Waals surface area contributed by atoms with Crippen LogP contribution >= 0.6 is 28.7 Å². The van der Waals surface area contributed by atoms with Gasteiger partial charge in [0.1, 0.15) is 0 Å². The summed E-state index contributed by atoms with van der Waals surface area (Å²) in [6, 6.07) is 8.76. The zero-order chi connectivity index (χ0) is 11.7. The summed E-state index contributed by atoms with van der Waals surface area (Å²) in [5.41, 5.74) is 3.93. The number of fused-ring (bicyclic) bond motifs is 1. The first-order valence-electron chi connectivity index (χ1n) is 6.10. The van der Waals surface area contributed by atoms with Gasteiger partial charge in [0.05, 0.1) is 5.70 Å². The maximum absolute atomic E-state index is 4.63. The third-order valence-corrected chi connectivity index (χ3v) is 4.08. The van der Waals surface area contributed by atoms with Gasteiger partial charge in [-0.3, -0.25) is 4.99 Å². The van der Waals surface area contributed by atoms with E-state index in [4.69, 9.17) is 0 Å². The van der Waals surface area contributed by atoms with Crippen molar-refractivity contribution in [3.8, 4) is 0 Å². The Hall–Kier alpha value is -0.740. The van der Waals surface area contributed by atoms with Crippen molar-refractivity contribution >= 4 is 39.6 Å². The van der Waals surface area contributed by atoms with Crippen molar-refractivity contribution in [2.24, 2.45) is 4.99 Å². The lowest BCUT2D eigenvalue weighted by atomic mass is 10.1. The lowest BCUT2D eigenvalue weighted by Crippen LogP contribution is -2.23. The minimum Gasteiger partial charge on any atom is -0.320 e. The van der Waals surface area contributed by atoms with Gasteiger partial charge in [0.2, 0.25) is 0 Å². The van der Waals surface area contributed by atoms with Gasteiger partial charge in [0.25, 0.3) is 0 Å². The summed E-state index contributed by atoms with van der Waals surface area (Å²) in [7, 11) is 0. The highest BCUT2D eigenvalue weighted by atomic mass is 79.9. The van der Waals surface area contributed by atoms with Crippen LogP contribution in [0.2, 0.25) is 0 Å². The summed E-state index contributed by atoms with van der Waals surface area (Å²) in [5.74, 6) is 0. The Morgan fingerprint density at radius 3 is 2.72 bits per heavy atom. The van der Waals surface area contributed by atoms with Crippen molar-refractivity contribution in [1.82, 2.24) is 4.90 Å². The molecule has 3 rings (SSSR count). The number of aryl methyl sites for hydroxylation is 1. The minimum atomic E-state index is 0. The topological polar surface area (TPSA) is 15.6 Å². The molecule has 0 amide bonds. The fourth-order valence-electron chi connectivity index (χ4n) is 2.18. The molecule has 0 aliphatic carbocycles. The molecule has 0 saturated heterocycles. The van der Waals surface area contributed by atoms with Crippen LogP contribution in [-0.4, -0.2) is 23.2 Å². The van der Waals surface area contributed by atoms with Crippen LogP contribution in [0.15, 0.2) is 34.7 Å². The van der Waals surface area contributed by atoms with E-state index in [-0.39, 0.29) is 17.0 Å². The van der Waals surface area contributed by atoms with Crippen LogP contribution < -0.4 is 0 Å². The molecule has 0 bridgehead atoms. The van der Waals surface area contributed by atoms with Gasteiger partial charge in [-0.1, -0.05) is 41.6 Å². The van der Waals surface area contributed by atoms with E-state index in [1.807, 2.05) is 0 Å². The second-order valence-corrected chi connectivity index (χ2v) is 5.35. The molecule has 0 atom stereocenters. The molecule has 1 aromatic carbocycles. The first-order valence-corrected chi connectivity index (χ1v) is 6.98. The molecule has 0 N–H and O–H groups in total. The highest BCUT2D eigenvalue weighted by molar-refractivity contribution is 8.93. The van der Waals surface area contributed by atoms with Gasteiger partial charge in [-0.25, -0.2) is 0 Å². The Kier molecular flexibility index (Phi) is 4.51. The number of nitrogens with zero attached hydrogens (tertiary/aromatic N) is 2. The molecule has 2 nitrogen and oxygen atoms in total. The Morgan fingerprint density at radius 2 is 1.94 bits per heavy atom. The van der Waals surface area contributed by atoms with Crippen LogP contribution in [0, 0.1) is 6.92 Å². The van der Waals surface area contributed by atoms with E-state index in [1.165, 1.54) is 34.8 Å². The monoisotopic (exact) mass is 324 g/mol. The van der Waals surface area contributed by atoms with Gasteiger partial charge >= 0.3 is 0 Å². The molecular formula is C14H17BrN2S. The SMILES string of the molecule is Br.Cc1ccc(C2=CSC3=NCCCCN23)cc1. The highest BCUT2D eigenvalue weighted by Gasteiger charge is 2.24. The molecule has 0 fully saturated rings. The van der Waals surface area contributed by atoms with Crippen molar-refractivity contribution in [2.45, 2.75) is 19.8 Å². The second-order valence-electron chi connectivity index (χ2n) is 4.51. The normalized spacial score (nSPS) is 18.4. The van der Waals surface area contributed by atoms with Gasteiger partial charge in [0, 0.05) is 18.5 Å². The number of hydrogen-bond donors (Lipinski definition) is 0. The average molecular weight is 325 g/mol. The van der Waals surface area contributed by atoms with Crippen LogP contribution in [0.3, 0.4) is 0 Å². The molecule has 2 heterocycles. The molecule has 4 heteroatoms. The summed E-state index contributed by atoms with van der Waals surface area (Å²) < 4.78 is 0. The van der Waals surface area contributed by atoms with Crippen LogP contribution in [0.5, 0.6) is 0 Å². The van der Waals surface area contributed by atoms with E-state index in [1.54, 1.807) is 11.8 Å². The summed E-state index contributed by atoms with van der Waals surface area (Å²) in [6.45, 7) is 4.21. The molecule has 0 saturated carbocycles. The van der Waals surface area contributed by atoms with Crippen LogP contribution in [0.25, 0.3) is 5.70 Å². The van der Waals surface area contributed by atoms with Gasteiger partial charge in [-0.2, -0.15) is 0 Å². The largest absolute Gasteiger partial charge is 0.320 e. The fourth-order valence-corrected chi connectivity index (χ4v) is 3.15. The van der Waals surface area contributed by atoms with Crippen molar-refractivity contribution in [3.05, 3.63) is 40.8 Å². The number of aliphatic imine (C=N–C) groups is 1. The molecule has 0 spiro atoms. The fraction of sp³-hybridized carbons (Fsp3) is 0.357. The van der Waals surface area contributed by atoms with Crippen LogP contribution in [0.1, 0.15) is 24.0 Å². The Labute approximate surface area is 123 Å². The summed E-state index contributed by atoms with van der Waals surface area (Å²) in [5, 5.41) is 3.41. The van der Waals surface area contributed by atoms with E-state index in [2.05, 4.69) is 46.5 Å². The molecule has 1 aromatic rings. The van der Waals surface area contributed by atoms with Gasteiger partial charge < -0.3 is 4.90 Å². The number of hydrogen-bond acceptors (Lipinski definition) is 3. The maximum atomic E-state index is 4.63. The van der Waals surface area contributed by atoms with Crippen LogP contribution in [-0.2, 0) is 0 Å². The van der Waals surface area contributed by atoms with Gasteiger partial charge in [0.15, 0.2) is 5.17 Å². The Morgan fingerprint density at radius 1 is 1.17 bits per heavy atom. The van der Waals surface area contributed by atoms with E-state index in [0.29, 0.717) is 0 Å². The summed E-state index contributed by atoms with van der Waals surface area (Å²) >= 11 is 1.76. The van der Waals surface area contributed by atoms with Crippen molar-refractivity contribution in [1.29, 1.82) is 0 Å². The zero-order valence-corrected chi connectivity index (χ0v) is 13.0. The Balaban J connectivity index is 0.00000120. The first kappa shape index (κ1) is 13.7. The number of halogens is 1. The third kappa shape index (κ3) is 2.64. The standard InChI is InChI=1S/C14H16N2S.BrH/c1-11-4-6-12(7-5-11)13-10-17-14-15-8-2-3-9-16(13)14;/h4-7,10H,2-3,8-9H2,1H3;1H. The molecule has 0 aromatic heterocycles. The lowest BCUT2D eigenvalue weighted by Gasteiger charge is -2.20. The van der Waals surface area contributed by atoms with Crippen LogP contribution in [0.4, 0.5) is 0 Å². The summed E-state index contributed by atoms with van der Waals surface area (Å²) in [6.07, 6.45) is 2.44. The molecular weight excluding hydrogens is 308 g/mol. The number of benzene rings is 1. The van der Waals surface area contributed by atoms with Gasteiger partial charge in [-0.15, -0.1) is 17.0 Å². The molecule has 2 aliphatic heterocycles. The molecule has 0 radical (unpaired) electrons. The molecule has 2 aliphatic rings.